The summed E-state index contributed by atoms with van der Waals surface area (Å²) in [6, 6.07) is 14.4. The van der Waals surface area contributed by atoms with Crippen LogP contribution in [0.1, 0.15) is 103 Å². The van der Waals surface area contributed by atoms with Gasteiger partial charge in [0, 0.05) is 48.8 Å². The highest BCUT2D eigenvalue weighted by atomic mass is 16.5. The van der Waals surface area contributed by atoms with Crippen molar-refractivity contribution in [2.75, 3.05) is 0 Å². The maximum absolute atomic E-state index is 12.5. The van der Waals surface area contributed by atoms with E-state index in [0.717, 1.165) is 47.9 Å². The second-order valence-electron chi connectivity index (χ2n) is 12.3. The number of aromatic nitrogens is 4. The lowest BCUT2D eigenvalue weighted by Crippen LogP contribution is -2.15. The molecular formula is C39H48N4O4. The maximum Gasteiger partial charge on any atom is 0.311 e. The number of carbonyl (C=O) groups is 2. The number of ether oxygens (including phenoxy) is 2. The normalized spacial score (nSPS) is 11.6. The molecule has 1 atom stereocenters. The average Bonchev–Trinajstić information content (AvgIpc) is 3.09. The van der Waals surface area contributed by atoms with Gasteiger partial charge in [-0.2, -0.15) is 0 Å². The first kappa shape index (κ1) is 35.4. The van der Waals surface area contributed by atoms with E-state index in [1.54, 1.807) is 24.3 Å². The molecule has 0 aliphatic carbocycles. The van der Waals surface area contributed by atoms with Gasteiger partial charge in [0.25, 0.3) is 0 Å². The smallest absolute Gasteiger partial charge is 0.311 e. The van der Waals surface area contributed by atoms with Crippen LogP contribution in [-0.4, -0.2) is 31.9 Å². The van der Waals surface area contributed by atoms with Crippen molar-refractivity contribution in [2.24, 2.45) is 5.92 Å². The summed E-state index contributed by atoms with van der Waals surface area (Å²) < 4.78 is 11.0. The van der Waals surface area contributed by atoms with E-state index in [2.05, 4.69) is 33.8 Å². The highest BCUT2D eigenvalue weighted by Crippen LogP contribution is 2.23. The zero-order chi connectivity index (χ0) is 33.3. The Hall–Kier alpha value is -4.46. The van der Waals surface area contributed by atoms with Gasteiger partial charge in [-0.15, -0.1) is 0 Å². The minimum Gasteiger partial charge on any atom is -0.427 e. The summed E-state index contributed by atoms with van der Waals surface area (Å²) in [6.07, 6.45) is 20.2. The highest BCUT2D eigenvalue weighted by Gasteiger charge is 2.15. The van der Waals surface area contributed by atoms with Gasteiger partial charge in [0.15, 0.2) is 11.6 Å². The van der Waals surface area contributed by atoms with Crippen LogP contribution in [0.2, 0.25) is 0 Å². The number of carbonyl (C=O) groups excluding carboxylic acids is 2. The molecule has 0 aliphatic rings. The predicted octanol–water partition coefficient (Wildman–Crippen LogP) is 9.16. The van der Waals surface area contributed by atoms with Crippen LogP contribution < -0.4 is 9.47 Å². The standard InChI is InChI=1S/C39H48N4O4/c1-4-6-8-10-12-30-25-40-38(41-26-30)32-15-19-34(20-16-32)46-36(44)23-14-29(3)24-37(45)47-35-21-17-33(18-22-35)39-42-27-31(28-43-39)13-11-9-7-5-2/h15-22,25-29H,4-14,23-24H2,1-3H3/t29-/m1/s1. The second-order valence-corrected chi connectivity index (χ2v) is 12.3. The fourth-order valence-electron chi connectivity index (χ4n) is 5.23. The third-order valence-corrected chi connectivity index (χ3v) is 8.09. The largest absolute Gasteiger partial charge is 0.427 e. The lowest BCUT2D eigenvalue weighted by molar-refractivity contribution is -0.137. The lowest BCUT2D eigenvalue weighted by atomic mass is 10.0. The summed E-state index contributed by atoms with van der Waals surface area (Å²) in [7, 11) is 0. The molecule has 0 spiro atoms. The van der Waals surface area contributed by atoms with E-state index >= 15 is 0 Å². The molecule has 47 heavy (non-hydrogen) atoms. The van der Waals surface area contributed by atoms with E-state index in [9.17, 15) is 9.59 Å². The van der Waals surface area contributed by atoms with Gasteiger partial charge in [-0.25, -0.2) is 19.9 Å². The van der Waals surface area contributed by atoms with E-state index in [0.29, 0.717) is 29.6 Å². The van der Waals surface area contributed by atoms with Crippen LogP contribution >= 0.6 is 0 Å². The quantitative estimate of drug-likeness (QED) is 0.0570. The van der Waals surface area contributed by atoms with Gasteiger partial charge in [0.05, 0.1) is 0 Å². The van der Waals surface area contributed by atoms with Crippen LogP contribution in [0, 0.1) is 5.92 Å². The second kappa shape index (κ2) is 19.3. The highest BCUT2D eigenvalue weighted by molar-refractivity contribution is 5.74. The average molecular weight is 637 g/mol. The van der Waals surface area contributed by atoms with Gasteiger partial charge in [-0.05, 0) is 97.7 Å². The van der Waals surface area contributed by atoms with Crippen LogP contribution in [0.5, 0.6) is 11.5 Å². The van der Waals surface area contributed by atoms with Crippen LogP contribution in [0.3, 0.4) is 0 Å². The Kier molecular flexibility index (Phi) is 14.5. The van der Waals surface area contributed by atoms with Crippen molar-refractivity contribution in [1.29, 1.82) is 0 Å². The fourth-order valence-corrected chi connectivity index (χ4v) is 5.23. The predicted molar refractivity (Wildman–Crippen MR) is 185 cm³/mol. The number of hydrogen-bond acceptors (Lipinski definition) is 8. The zero-order valence-electron chi connectivity index (χ0n) is 28.1. The van der Waals surface area contributed by atoms with E-state index in [-0.39, 0.29) is 30.7 Å². The topological polar surface area (TPSA) is 104 Å². The van der Waals surface area contributed by atoms with Crippen molar-refractivity contribution >= 4 is 11.9 Å². The molecular weight excluding hydrogens is 588 g/mol. The number of aryl methyl sites for hydroxylation is 2. The van der Waals surface area contributed by atoms with Gasteiger partial charge < -0.3 is 9.47 Å². The Morgan fingerprint density at radius 3 is 1.45 bits per heavy atom. The molecule has 8 heteroatoms. The molecule has 2 heterocycles. The summed E-state index contributed by atoms with van der Waals surface area (Å²) in [5.74, 6) is 1.48. The first-order chi connectivity index (χ1) is 22.9. The summed E-state index contributed by atoms with van der Waals surface area (Å²) in [4.78, 5) is 43.0. The van der Waals surface area contributed by atoms with E-state index in [4.69, 9.17) is 9.47 Å². The minimum absolute atomic E-state index is 0.0441. The van der Waals surface area contributed by atoms with Gasteiger partial charge in [0.2, 0.25) is 0 Å². The number of rotatable bonds is 19. The third kappa shape index (κ3) is 12.3. The molecule has 0 bridgehead atoms. The van der Waals surface area contributed by atoms with Gasteiger partial charge >= 0.3 is 11.9 Å². The molecule has 4 rings (SSSR count). The van der Waals surface area contributed by atoms with Gasteiger partial charge in [-0.3, -0.25) is 9.59 Å². The molecule has 2 aromatic carbocycles. The molecule has 0 saturated carbocycles. The van der Waals surface area contributed by atoms with Gasteiger partial charge in [0.1, 0.15) is 11.5 Å². The van der Waals surface area contributed by atoms with Crippen LogP contribution in [0.25, 0.3) is 22.8 Å². The van der Waals surface area contributed by atoms with Crippen LogP contribution in [0.4, 0.5) is 0 Å². The van der Waals surface area contributed by atoms with Crippen molar-refractivity contribution in [3.05, 3.63) is 84.4 Å². The molecule has 8 nitrogen and oxygen atoms in total. The Morgan fingerprint density at radius 1 is 0.596 bits per heavy atom. The zero-order valence-corrected chi connectivity index (χ0v) is 28.1. The lowest BCUT2D eigenvalue weighted by Gasteiger charge is -2.11. The summed E-state index contributed by atoms with van der Waals surface area (Å²) in [6.45, 7) is 6.34. The SMILES string of the molecule is CCCCCCc1cnc(-c2ccc(OC(=O)CC[C@@H](C)CC(=O)Oc3ccc(-c4ncc(CCCCCC)cn4)cc3)cc2)nc1. The third-order valence-electron chi connectivity index (χ3n) is 8.09. The molecule has 0 amide bonds. The number of nitrogens with zero attached hydrogens (tertiary/aromatic N) is 4. The summed E-state index contributed by atoms with van der Waals surface area (Å²) in [5.41, 5.74) is 4.01. The van der Waals surface area contributed by atoms with Crippen LogP contribution in [-0.2, 0) is 22.4 Å². The molecule has 0 unspecified atom stereocenters. The van der Waals surface area contributed by atoms with E-state index in [1.807, 2.05) is 56.0 Å². The molecule has 0 aliphatic heterocycles. The molecule has 2 aromatic heterocycles. The first-order valence-electron chi connectivity index (χ1n) is 17.2. The van der Waals surface area contributed by atoms with E-state index in [1.165, 1.54) is 38.5 Å². The molecule has 248 valence electrons. The van der Waals surface area contributed by atoms with Crippen molar-refractivity contribution in [1.82, 2.24) is 19.9 Å². The molecule has 0 radical (unpaired) electrons. The van der Waals surface area contributed by atoms with Crippen molar-refractivity contribution in [3.8, 4) is 34.3 Å². The fraction of sp³-hybridized carbons (Fsp3) is 0.436. The van der Waals surface area contributed by atoms with Crippen molar-refractivity contribution in [2.45, 2.75) is 104 Å². The Balaban J connectivity index is 1.15. The Bertz CT molecular complexity index is 1510. The van der Waals surface area contributed by atoms with Crippen molar-refractivity contribution in [3.63, 3.8) is 0 Å². The number of unbranched alkanes of at least 4 members (excludes halogenated alkanes) is 6. The Labute approximate surface area is 279 Å². The van der Waals surface area contributed by atoms with Crippen molar-refractivity contribution < 1.29 is 19.1 Å². The summed E-state index contributed by atoms with van der Waals surface area (Å²) in [5, 5.41) is 0. The summed E-state index contributed by atoms with van der Waals surface area (Å²) >= 11 is 0. The first-order valence-corrected chi connectivity index (χ1v) is 17.2. The Morgan fingerprint density at radius 2 is 1.02 bits per heavy atom. The monoisotopic (exact) mass is 636 g/mol. The number of hydrogen-bond donors (Lipinski definition) is 0. The molecule has 4 aromatic rings. The van der Waals surface area contributed by atoms with E-state index < -0.39 is 0 Å². The van der Waals surface area contributed by atoms with Gasteiger partial charge in [-0.1, -0.05) is 59.3 Å². The number of benzene rings is 2. The maximum atomic E-state index is 12.5. The molecule has 0 fully saturated rings. The molecule has 0 saturated heterocycles. The number of esters is 2. The van der Waals surface area contributed by atoms with Crippen LogP contribution in [0.15, 0.2) is 73.3 Å². The molecule has 0 N–H and O–H groups in total. The minimum atomic E-state index is -0.344.